The van der Waals surface area contributed by atoms with Gasteiger partial charge in [-0.3, -0.25) is 4.79 Å². The summed E-state index contributed by atoms with van der Waals surface area (Å²) < 4.78 is 4.96. The van der Waals surface area contributed by atoms with Gasteiger partial charge in [-0.1, -0.05) is 23.8 Å². The van der Waals surface area contributed by atoms with Crippen LogP contribution in [0.3, 0.4) is 0 Å². The Balaban J connectivity index is 2.11. The van der Waals surface area contributed by atoms with Gasteiger partial charge in [0.15, 0.2) is 0 Å². The van der Waals surface area contributed by atoms with Crippen LogP contribution >= 0.6 is 0 Å². The highest BCUT2D eigenvalue weighted by molar-refractivity contribution is 5.83. The lowest BCUT2D eigenvalue weighted by Crippen LogP contribution is -2.43. The van der Waals surface area contributed by atoms with Crippen LogP contribution in [0.1, 0.15) is 13.3 Å². The summed E-state index contributed by atoms with van der Waals surface area (Å²) in [5, 5.41) is 9.99. The zero-order chi connectivity index (χ0) is 11.5. The number of ether oxygens (including phenoxy) is 1. The molecular weight excluding hydrogens is 204 g/mol. The Labute approximate surface area is 94.8 Å². The van der Waals surface area contributed by atoms with Gasteiger partial charge in [0.2, 0.25) is 0 Å². The van der Waals surface area contributed by atoms with Crippen LogP contribution in [0.2, 0.25) is 0 Å². The van der Waals surface area contributed by atoms with Gasteiger partial charge in [-0.25, -0.2) is 0 Å². The first-order valence-electron chi connectivity index (χ1n) is 5.75. The van der Waals surface area contributed by atoms with Crippen LogP contribution in [0.25, 0.3) is 0 Å². The fourth-order valence-electron chi connectivity index (χ4n) is 4.05. The summed E-state index contributed by atoms with van der Waals surface area (Å²) >= 11 is 0. The quantitative estimate of drug-likeness (QED) is 0.535. The Bertz CT molecular complexity index is 409. The molecule has 3 aliphatic carbocycles. The summed E-state index contributed by atoms with van der Waals surface area (Å²) in [6, 6.07) is 0. The SMILES string of the molecule is COC(=O)[C@@]12C=CC(O)C1[C@@H]1C=C(C)[C@H]2C1. The Kier molecular flexibility index (Phi) is 1.88. The average Bonchev–Trinajstić information content (AvgIpc) is 2.88. The molecule has 0 aliphatic heterocycles. The first-order chi connectivity index (χ1) is 7.61. The number of esters is 1. The molecule has 1 N–H and O–H groups in total. The molecule has 0 amide bonds. The van der Waals surface area contributed by atoms with Crippen molar-refractivity contribution in [1.29, 1.82) is 0 Å². The predicted octanol–water partition coefficient (Wildman–Crippen LogP) is 1.29. The molecule has 3 aliphatic rings. The van der Waals surface area contributed by atoms with Crippen LogP contribution in [-0.2, 0) is 9.53 Å². The Morgan fingerprint density at radius 1 is 1.62 bits per heavy atom. The Morgan fingerprint density at radius 3 is 3.06 bits per heavy atom. The monoisotopic (exact) mass is 220 g/mol. The van der Waals surface area contributed by atoms with E-state index in [1.165, 1.54) is 12.7 Å². The number of hydrogen-bond donors (Lipinski definition) is 1. The lowest BCUT2D eigenvalue weighted by atomic mass is 9.68. The van der Waals surface area contributed by atoms with Gasteiger partial charge in [0.1, 0.15) is 0 Å². The van der Waals surface area contributed by atoms with E-state index in [1.807, 2.05) is 6.08 Å². The first kappa shape index (κ1) is 10.1. The number of hydrogen-bond acceptors (Lipinski definition) is 3. The number of carbonyl (C=O) groups excluding carboxylic acids is 1. The normalized spacial score (nSPS) is 48.1. The van der Waals surface area contributed by atoms with E-state index in [9.17, 15) is 9.90 Å². The average molecular weight is 220 g/mol. The second-order valence-corrected chi connectivity index (χ2v) is 5.16. The van der Waals surface area contributed by atoms with Gasteiger partial charge in [0.05, 0.1) is 18.6 Å². The lowest BCUT2D eigenvalue weighted by Gasteiger charge is -2.36. The van der Waals surface area contributed by atoms with Crippen LogP contribution in [0.15, 0.2) is 23.8 Å². The predicted molar refractivity (Wildman–Crippen MR) is 58.4 cm³/mol. The molecule has 0 aromatic heterocycles. The van der Waals surface area contributed by atoms with E-state index < -0.39 is 11.5 Å². The fraction of sp³-hybridized carbons (Fsp3) is 0.615. The Hall–Kier alpha value is -1.09. The van der Waals surface area contributed by atoms with Gasteiger partial charge < -0.3 is 9.84 Å². The maximum absolute atomic E-state index is 12.1. The highest BCUT2D eigenvalue weighted by Gasteiger charge is 2.65. The number of rotatable bonds is 1. The summed E-state index contributed by atoms with van der Waals surface area (Å²) in [4.78, 5) is 12.1. The van der Waals surface area contributed by atoms with Crippen molar-refractivity contribution in [3.05, 3.63) is 23.8 Å². The van der Waals surface area contributed by atoms with Gasteiger partial charge in [-0.15, -0.1) is 0 Å². The third-order valence-corrected chi connectivity index (χ3v) is 4.60. The van der Waals surface area contributed by atoms with E-state index in [0.29, 0.717) is 5.92 Å². The molecule has 1 fully saturated rings. The highest BCUT2D eigenvalue weighted by Crippen LogP contribution is 2.63. The zero-order valence-corrected chi connectivity index (χ0v) is 9.51. The van der Waals surface area contributed by atoms with Crippen molar-refractivity contribution in [2.75, 3.05) is 7.11 Å². The summed E-state index contributed by atoms with van der Waals surface area (Å²) in [7, 11) is 1.43. The maximum Gasteiger partial charge on any atom is 0.316 e. The molecule has 0 radical (unpaired) electrons. The molecule has 16 heavy (non-hydrogen) atoms. The molecule has 3 rings (SSSR count). The van der Waals surface area contributed by atoms with Crippen molar-refractivity contribution < 1.29 is 14.6 Å². The minimum Gasteiger partial charge on any atom is -0.468 e. The van der Waals surface area contributed by atoms with Crippen molar-refractivity contribution in [3.8, 4) is 0 Å². The molecule has 0 aromatic rings. The minimum absolute atomic E-state index is 0.00588. The minimum atomic E-state index is -0.586. The fourth-order valence-corrected chi connectivity index (χ4v) is 4.05. The standard InChI is InChI=1S/C13H16O3/c1-7-5-8-6-9(7)13(12(15)16-2)4-3-10(14)11(8)13/h3-5,8-11,14H,6H2,1-2H3/t8-,9-,10?,11?,13-/m1/s1. The third-order valence-electron chi connectivity index (χ3n) is 4.60. The Morgan fingerprint density at radius 2 is 2.38 bits per heavy atom. The molecule has 2 unspecified atom stereocenters. The van der Waals surface area contributed by atoms with E-state index >= 15 is 0 Å². The van der Waals surface area contributed by atoms with Crippen LogP contribution in [0.4, 0.5) is 0 Å². The molecule has 2 bridgehead atoms. The van der Waals surface area contributed by atoms with Crippen molar-refractivity contribution in [2.45, 2.75) is 19.4 Å². The molecular formula is C13H16O3. The van der Waals surface area contributed by atoms with Crippen LogP contribution in [0.5, 0.6) is 0 Å². The molecule has 0 saturated heterocycles. The van der Waals surface area contributed by atoms with Gasteiger partial charge in [-0.2, -0.15) is 0 Å². The molecule has 0 aromatic carbocycles. The van der Waals surface area contributed by atoms with E-state index in [0.717, 1.165) is 6.42 Å². The number of fused-ring (bicyclic) bond motifs is 5. The smallest absolute Gasteiger partial charge is 0.316 e. The number of aliphatic hydroxyl groups excluding tert-OH is 1. The summed E-state index contributed by atoms with van der Waals surface area (Å²) in [5.41, 5.74) is 0.683. The number of methoxy groups -OCH3 is 1. The van der Waals surface area contributed by atoms with E-state index in [2.05, 4.69) is 13.0 Å². The van der Waals surface area contributed by atoms with Gasteiger partial charge in [0, 0.05) is 11.8 Å². The number of allylic oxidation sites excluding steroid dienone is 2. The molecule has 5 atom stereocenters. The van der Waals surface area contributed by atoms with Crippen molar-refractivity contribution >= 4 is 5.97 Å². The van der Waals surface area contributed by atoms with E-state index in [1.54, 1.807) is 6.08 Å². The largest absolute Gasteiger partial charge is 0.468 e. The lowest BCUT2D eigenvalue weighted by molar-refractivity contribution is -0.155. The van der Waals surface area contributed by atoms with Crippen molar-refractivity contribution in [3.63, 3.8) is 0 Å². The molecule has 3 nitrogen and oxygen atoms in total. The van der Waals surface area contributed by atoms with Crippen molar-refractivity contribution in [1.82, 2.24) is 0 Å². The van der Waals surface area contributed by atoms with Gasteiger partial charge in [0.25, 0.3) is 0 Å². The number of aliphatic hydroxyl groups is 1. The summed E-state index contributed by atoms with van der Waals surface area (Å²) in [6.45, 7) is 2.07. The van der Waals surface area contributed by atoms with Crippen LogP contribution < -0.4 is 0 Å². The topological polar surface area (TPSA) is 46.5 Å². The first-order valence-corrected chi connectivity index (χ1v) is 5.75. The van der Waals surface area contributed by atoms with Crippen molar-refractivity contribution in [2.24, 2.45) is 23.2 Å². The molecule has 0 heterocycles. The van der Waals surface area contributed by atoms with E-state index in [-0.39, 0.29) is 17.8 Å². The van der Waals surface area contributed by atoms with Crippen LogP contribution in [-0.4, -0.2) is 24.3 Å². The molecule has 3 heteroatoms. The molecule has 0 spiro atoms. The second kappa shape index (κ2) is 2.98. The maximum atomic E-state index is 12.1. The molecule has 1 saturated carbocycles. The highest BCUT2D eigenvalue weighted by atomic mass is 16.5. The van der Waals surface area contributed by atoms with E-state index in [4.69, 9.17) is 4.74 Å². The third kappa shape index (κ3) is 0.908. The summed E-state index contributed by atoms with van der Waals surface area (Å²) in [5.74, 6) is 0.358. The second-order valence-electron chi connectivity index (χ2n) is 5.16. The molecule has 86 valence electrons. The number of carbonyl (C=O) groups is 1. The zero-order valence-electron chi connectivity index (χ0n) is 9.51. The van der Waals surface area contributed by atoms with Gasteiger partial charge >= 0.3 is 5.97 Å². The van der Waals surface area contributed by atoms with Crippen LogP contribution in [0, 0.1) is 23.2 Å². The summed E-state index contributed by atoms with van der Waals surface area (Å²) in [6.07, 6.45) is 6.33. The van der Waals surface area contributed by atoms with Gasteiger partial charge in [-0.05, 0) is 19.3 Å².